The number of aliphatic hydroxyl groups excluding tert-OH is 1. The van der Waals surface area contributed by atoms with Crippen molar-refractivity contribution in [3.05, 3.63) is 45.1 Å². The quantitative estimate of drug-likeness (QED) is 0.837. The first-order valence-electron chi connectivity index (χ1n) is 7.01. The van der Waals surface area contributed by atoms with Crippen LogP contribution < -0.4 is 0 Å². The lowest BCUT2D eigenvalue weighted by Crippen LogP contribution is -2.25. The predicted octanol–water partition coefficient (Wildman–Crippen LogP) is 4.14. The molecule has 0 radical (unpaired) electrons. The van der Waals surface area contributed by atoms with Gasteiger partial charge in [0, 0.05) is 16.5 Å². The maximum atomic E-state index is 11.8. The highest BCUT2D eigenvalue weighted by Crippen LogP contribution is 2.29. The number of ether oxygens (including phenoxy) is 1. The van der Waals surface area contributed by atoms with Crippen LogP contribution in [-0.4, -0.2) is 29.4 Å². The van der Waals surface area contributed by atoms with Crippen molar-refractivity contribution >= 4 is 34.9 Å². The van der Waals surface area contributed by atoms with Gasteiger partial charge in [-0.3, -0.25) is 4.99 Å². The highest BCUT2D eigenvalue weighted by Gasteiger charge is 2.27. The average molecular weight is 342 g/mol. The molecule has 118 valence electrons. The summed E-state index contributed by atoms with van der Waals surface area (Å²) in [7, 11) is 0. The molecule has 1 unspecified atom stereocenters. The van der Waals surface area contributed by atoms with E-state index in [4.69, 9.17) is 27.9 Å². The van der Waals surface area contributed by atoms with Crippen LogP contribution in [0.25, 0.3) is 0 Å². The van der Waals surface area contributed by atoms with E-state index in [1.807, 2.05) is 0 Å². The number of rotatable bonds is 4. The van der Waals surface area contributed by atoms with Crippen molar-refractivity contribution in [2.24, 2.45) is 4.99 Å². The number of nitrogens with zero attached hydrogens (tertiary/aromatic N) is 1. The summed E-state index contributed by atoms with van der Waals surface area (Å²) in [6.07, 6.45) is 0.753. The molecule has 6 heteroatoms. The van der Waals surface area contributed by atoms with Crippen molar-refractivity contribution < 1.29 is 14.6 Å². The van der Waals surface area contributed by atoms with E-state index in [1.165, 1.54) is 0 Å². The summed E-state index contributed by atoms with van der Waals surface area (Å²) < 4.78 is 4.93. The van der Waals surface area contributed by atoms with E-state index in [9.17, 15) is 9.90 Å². The fraction of sp³-hybridized carbons (Fsp3) is 0.375. The van der Waals surface area contributed by atoms with Crippen LogP contribution in [0.4, 0.5) is 0 Å². The van der Waals surface area contributed by atoms with E-state index in [-0.39, 0.29) is 30.4 Å². The highest BCUT2D eigenvalue weighted by atomic mass is 35.5. The van der Waals surface area contributed by atoms with Gasteiger partial charge < -0.3 is 9.84 Å². The predicted molar refractivity (Wildman–Crippen MR) is 88.0 cm³/mol. The molecule has 1 heterocycles. The monoisotopic (exact) mass is 341 g/mol. The molecule has 1 aliphatic rings. The van der Waals surface area contributed by atoms with Crippen LogP contribution in [0.3, 0.4) is 0 Å². The fourth-order valence-electron chi connectivity index (χ4n) is 2.47. The second-order valence-corrected chi connectivity index (χ2v) is 5.83. The molecular formula is C16H17Cl2NO3. The minimum atomic E-state index is -0.546. The van der Waals surface area contributed by atoms with E-state index in [2.05, 4.69) is 4.99 Å². The normalized spacial score (nSPS) is 18.2. The number of aliphatic hydroxyl groups is 1. The van der Waals surface area contributed by atoms with Crippen LogP contribution in [-0.2, 0) is 16.0 Å². The SMILES string of the molecule is CCOC(=O)C1=C(O)CC(Cc2c(Cl)cccc2Cl)N=C1C. The minimum absolute atomic E-state index is 0.000809. The van der Waals surface area contributed by atoms with Gasteiger partial charge in [-0.25, -0.2) is 4.79 Å². The first kappa shape index (κ1) is 16.8. The summed E-state index contributed by atoms with van der Waals surface area (Å²) in [5.41, 5.74) is 1.42. The van der Waals surface area contributed by atoms with Gasteiger partial charge in [0.1, 0.15) is 11.3 Å². The minimum Gasteiger partial charge on any atom is -0.511 e. The third kappa shape index (κ3) is 3.62. The lowest BCUT2D eigenvalue weighted by molar-refractivity contribution is -0.138. The summed E-state index contributed by atoms with van der Waals surface area (Å²) in [4.78, 5) is 16.3. The van der Waals surface area contributed by atoms with E-state index >= 15 is 0 Å². The van der Waals surface area contributed by atoms with Gasteiger partial charge in [-0.05, 0) is 38.0 Å². The van der Waals surface area contributed by atoms with Crippen molar-refractivity contribution in [1.82, 2.24) is 0 Å². The van der Waals surface area contributed by atoms with Crippen LogP contribution in [0.15, 0.2) is 34.5 Å². The molecular weight excluding hydrogens is 325 g/mol. The number of dihydropyridines is 1. The third-order valence-corrected chi connectivity index (χ3v) is 4.14. The number of carbonyl (C=O) groups excluding carboxylic acids is 1. The molecule has 0 saturated carbocycles. The molecule has 4 nitrogen and oxygen atoms in total. The van der Waals surface area contributed by atoms with Crippen LogP contribution >= 0.6 is 23.2 Å². The van der Waals surface area contributed by atoms with Crippen molar-refractivity contribution in [3.63, 3.8) is 0 Å². The zero-order valence-electron chi connectivity index (χ0n) is 12.4. The molecule has 0 amide bonds. The zero-order valence-corrected chi connectivity index (χ0v) is 13.9. The average Bonchev–Trinajstić information content (AvgIpc) is 2.42. The van der Waals surface area contributed by atoms with E-state index in [1.54, 1.807) is 32.0 Å². The lowest BCUT2D eigenvalue weighted by atomic mass is 9.96. The summed E-state index contributed by atoms with van der Waals surface area (Å²) in [5.74, 6) is -0.547. The van der Waals surface area contributed by atoms with Gasteiger partial charge in [-0.2, -0.15) is 0 Å². The number of hydrogen-bond donors (Lipinski definition) is 1. The molecule has 0 fully saturated rings. The van der Waals surface area contributed by atoms with Crippen LogP contribution in [0.2, 0.25) is 10.0 Å². The van der Waals surface area contributed by atoms with Crippen molar-refractivity contribution in [2.75, 3.05) is 6.61 Å². The van der Waals surface area contributed by atoms with E-state index in [0.717, 1.165) is 5.56 Å². The maximum absolute atomic E-state index is 11.8. The molecule has 0 aromatic heterocycles. The Hall–Kier alpha value is -1.52. The molecule has 1 atom stereocenters. The van der Waals surface area contributed by atoms with Gasteiger partial charge in [-0.1, -0.05) is 29.3 Å². The number of aliphatic imine (C=N–C) groups is 1. The van der Waals surface area contributed by atoms with Gasteiger partial charge in [0.25, 0.3) is 0 Å². The summed E-state index contributed by atoms with van der Waals surface area (Å²) in [5, 5.41) is 11.3. The van der Waals surface area contributed by atoms with Gasteiger partial charge in [0.2, 0.25) is 0 Å². The Labute approximate surface area is 139 Å². The van der Waals surface area contributed by atoms with Crippen molar-refractivity contribution in [3.8, 4) is 0 Å². The van der Waals surface area contributed by atoms with Gasteiger partial charge >= 0.3 is 5.97 Å². The molecule has 1 aromatic rings. The number of halogens is 2. The fourth-order valence-corrected chi connectivity index (χ4v) is 3.02. The second kappa shape index (κ2) is 7.16. The first-order chi connectivity index (χ1) is 10.4. The van der Waals surface area contributed by atoms with Gasteiger partial charge in [0.05, 0.1) is 18.4 Å². The van der Waals surface area contributed by atoms with E-state index in [0.29, 0.717) is 22.2 Å². The maximum Gasteiger partial charge on any atom is 0.343 e. The Morgan fingerprint density at radius 3 is 2.59 bits per heavy atom. The topological polar surface area (TPSA) is 58.9 Å². The van der Waals surface area contributed by atoms with Crippen LogP contribution in [0, 0.1) is 0 Å². The smallest absolute Gasteiger partial charge is 0.343 e. The molecule has 0 aliphatic carbocycles. The standard InChI is InChI=1S/C16H17Cl2NO3/c1-3-22-16(21)15-9(2)19-10(8-14(15)20)7-11-12(17)5-4-6-13(11)18/h4-6,10,20H,3,7-8H2,1-2H3. The first-order valence-corrected chi connectivity index (χ1v) is 7.76. The van der Waals surface area contributed by atoms with Crippen LogP contribution in [0.1, 0.15) is 25.8 Å². The Kier molecular flexibility index (Phi) is 5.48. The molecule has 0 saturated heterocycles. The molecule has 0 spiro atoms. The number of benzene rings is 1. The zero-order chi connectivity index (χ0) is 16.3. The molecule has 1 aliphatic heterocycles. The summed E-state index contributed by atoms with van der Waals surface area (Å²) >= 11 is 12.3. The molecule has 0 bridgehead atoms. The van der Waals surface area contributed by atoms with Crippen molar-refractivity contribution in [1.29, 1.82) is 0 Å². The number of hydrogen-bond acceptors (Lipinski definition) is 4. The second-order valence-electron chi connectivity index (χ2n) is 5.02. The van der Waals surface area contributed by atoms with Gasteiger partial charge in [-0.15, -0.1) is 0 Å². The summed E-state index contributed by atoms with van der Waals surface area (Å²) in [6, 6.07) is 5.10. The number of carbonyl (C=O) groups is 1. The Balaban J connectivity index is 2.20. The Morgan fingerprint density at radius 2 is 2.05 bits per heavy atom. The number of esters is 1. The largest absolute Gasteiger partial charge is 0.511 e. The Morgan fingerprint density at radius 1 is 1.41 bits per heavy atom. The Bertz CT molecular complexity index is 633. The third-order valence-electron chi connectivity index (χ3n) is 3.44. The lowest BCUT2D eigenvalue weighted by Gasteiger charge is -2.22. The van der Waals surface area contributed by atoms with Crippen LogP contribution in [0.5, 0.6) is 0 Å². The molecule has 1 N–H and O–H groups in total. The molecule has 22 heavy (non-hydrogen) atoms. The van der Waals surface area contributed by atoms with Crippen molar-refractivity contribution in [2.45, 2.75) is 32.7 Å². The van der Waals surface area contributed by atoms with E-state index < -0.39 is 5.97 Å². The summed E-state index contributed by atoms with van der Waals surface area (Å²) in [6.45, 7) is 3.65. The van der Waals surface area contributed by atoms with Gasteiger partial charge in [0.15, 0.2) is 0 Å². The highest BCUT2D eigenvalue weighted by molar-refractivity contribution is 6.36. The molecule has 2 rings (SSSR count). The molecule has 1 aromatic carbocycles.